The fourth-order valence-corrected chi connectivity index (χ4v) is 2.74. The summed E-state index contributed by atoms with van der Waals surface area (Å²) in [5.41, 5.74) is 8.17. The van der Waals surface area contributed by atoms with Crippen molar-refractivity contribution in [3.05, 3.63) is 76.8 Å². The average molecular weight is 301 g/mol. The molecule has 0 fully saturated rings. The highest BCUT2D eigenvalue weighted by atomic mass is 35.5. The number of hydrogen-bond acceptors (Lipinski definition) is 2. The SMILES string of the molecule is NC(Cc1ccc(F)cc1Cl)c1cccc2ccncc12. The fourth-order valence-electron chi connectivity index (χ4n) is 2.49. The first-order chi connectivity index (χ1) is 10.1. The third-order valence-electron chi connectivity index (χ3n) is 3.57. The van der Waals surface area contributed by atoms with Crippen molar-refractivity contribution in [3.8, 4) is 0 Å². The lowest BCUT2D eigenvalue weighted by Gasteiger charge is -2.15. The number of pyridine rings is 1. The van der Waals surface area contributed by atoms with Crippen molar-refractivity contribution in [2.24, 2.45) is 5.73 Å². The molecule has 0 aliphatic heterocycles. The molecular weight excluding hydrogens is 287 g/mol. The van der Waals surface area contributed by atoms with Crippen molar-refractivity contribution in [2.75, 3.05) is 0 Å². The summed E-state index contributed by atoms with van der Waals surface area (Å²) < 4.78 is 13.1. The van der Waals surface area contributed by atoms with Crippen LogP contribution in [0.1, 0.15) is 17.2 Å². The van der Waals surface area contributed by atoms with Crippen LogP contribution in [0.15, 0.2) is 54.9 Å². The molecule has 3 rings (SSSR count). The lowest BCUT2D eigenvalue weighted by molar-refractivity contribution is 0.626. The first kappa shape index (κ1) is 14.0. The fraction of sp³-hybridized carbons (Fsp3) is 0.118. The largest absolute Gasteiger partial charge is 0.324 e. The van der Waals surface area contributed by atoms with Gasteiger partial charge in [0.1, 0.15) is 5.82 Å². The molecule has 0 spiro atoms. The van der Waals surface area contributed by atoms with Crippen LogP contribution in [0.4, 0.5) is 4.39 Å². The van der Waals surface area contributed by atoms with Crippen LogP contribution in [-0.2, 0) is 6.42 Å². The van der Waals surface area contributed by atoms with E-state index in [0.29, 0.717) is 11.4 Å². The Hall–Kier alpha value is -1.97. The molecule has 2 aromatic carbocycles. The lowest BCUT2D eigenvalue weighted by Crippen LogP contribution is -2.14. The molecule has 0 bridgehead atoms. The lowest BCUT2D eigenvalue weighted by atomic mass is 9.95. The molecule has 1 unspecified atom stereocenters. The van der Waals surface area contributed by atoms with Gasteiger partial charge in [-0.3, -0.25) is 4.98 Å². The number of hydrogen-bond donors (Lipinski definition) is 1. The summed E-state index contributed by atoms with van der Waals surface area (Å²) in [5.74, 6) is -0.341. The summed E-state index contributed by atoms with van der Waals surface area (Å²) in [6.45, 7) is 0. The maximum Gasteiger partial charge on any atom is 0.124 e. The van der Waals surface area contributed by atoms with Gasteiger partial charge in [0.25, 0.3) is 0 Å². The minimum atomic E-state index is -0.341. The molecule has 0 radical (unpaired) electrons. The maximum absolute atomic E-state index is 13.1. The van der Waals surface area contributed by atoms with Crippen molar-refractivity contribution in [2.45, 2.75) is 12.5 Å². The second-order valence-corrected chi connectivity index (χ2v) is 5.40. The van der Waals surface area contributed by atoms with E-state index in [4.69, 9.17) is 17.3 Å². The zero-order valence-corrected chi connectivity index (χ0v) is 12.0. The van der Waals surface area contributed by atoms with E-state index in [0.717, 1.165) is 21.9 Å². The topological polar surface area (TPSA) is 38.9 Å². The van der Waals surface area contributed by atoms with Gasteiger partial charge in [-0.05, 0) is 41.1 Å². The molecule has 2 N–H and O–H groups in total. The highest BCUT2D eigenvalue weighted by molar-refractivity contribution is 6.31. The molecule has 1 aromatic heterocycles. The van der Waals surface area contributed by atoms with Crippen molar-refractivity contribution in [1.82, 2.24) is 4.98 Å². The predicted molar refractivity (Wildman–Crippen MR) is 83.8 cm³/mol. The normalized spacial score (nSPS) is 12.5. The standard InChI is InChI=1S/C17H14ClFN2/c18-16-9-13(19)5-4-12(16)8-17(20)14-3-1-2-11-6-7-21-10-15(11)14/h1-7,9-10,17H,8,20H2. The third kappa shape index (κ3) is 2.89. The van der Waals surface area contributed by atoms with Gasteiger partial charge in [-0.25, -0.2) is 4.39 Å². The highest BCUT2D eigenvalue weighted by Crippen LogP contribution is 2.27. The number of halogens is 2. The summed E-state index contributed by atoms with van der Waals surface area (Å²) in [5, 5.41) is 2.54. The number of aromatic nitrogens is 1. The number of benzene rings is 2. The van der Waals surface area contributed by atoms with E-state index in [2.05, 4.69) is 4.98 Å². The molecule has 1 atom stereocenters. The van der Waals surface area contributed by atoms with Crippen LogP contribution in [0, 0.1) is 5.82 Å². The van der Waals surface area contributed by atoms with Crippen molar-refractivity contribution in [1.29, 1.82) is 0 Å². The zero-order valence-electron chi connectivity index (χ0n) is 11.3. The number of nitrogens with zero attached hydrogens (tertiary/aromatic N) is 1. The second-order valence-electron chi connectivity index (χ2n) is 4.99. The predicted octanol–water partition coefficient (Wildman–Crippen LogP) is 4.27. The van der Waals surface area contributed by atoms with E-state index in [1.807, 2.05) is 30.5 Å². The van der Waals surface area contributed by atoms with Gasteiger partial charge in [0.15, 0.2) is 0 Å². The molecule has 0 saturated heterocycles. The van der Waals surface area contributed by atoms with Crippen LogP contribution in [0.5, 0.6) is 0 Å². The molecule has 0 saturated carbocycles. The maximum atomic E-state index is 13.1. The minimum absolute atomic E-state index is 0.221. The molecule has 0 aliphatic carbocycles. The van der Waals surface area contributed by atoms with Crippen molar-refractivity contribution >= 4 is 22.4 Å². The Labute approximate surface area is 127 Å². The van der Waals surface area contributed by atoms with Gasteiger partial charge in [0.2, 0.25) is 0 Å². The molecule has 106 valence electrons. The van der Waals surface area contributed by atoms with Gasteiger partial charge < -0.3 is 5.73 Å². The second kappa shape index (κ2) is 5.80. The third-order valence-corrected chi connectivity index (χ3v) is 3.92. The Morgan fingerprint density at radius 2 is 2.05 bits per heavy atom. The minimum Gasteiger partial charge on any atom is -0.324 e. The quantitative estimate of drug-likeness (QED) is 0.784. The molecule has 0 amide bonds. The molecule has 1 heterocycles. The smallest absolute Gasteiger partial charge is 0.124 e. The Balaban J connectivity index is 1.95. The van der Waals surface area contributed by atoms with Crippen molar-refractivity contribution < 1.29 is 4.39 Å². The summed E-state index contributed by atoms with van der Waals surface area (Å²) in [4.78, 5) is 4.16. The van der Waals surface area contributed by atoms with Crippen LogP contribution in [0.3, 0.4) is 0 Å². The van der Waals surface area contributed by atoms with E-state index in [9.17, 15) is 4.39 Å². The Bertz CT molecular complexity index is 783. The molecule has 2 nitrogen and oxygen atoms in total. The van der Waals surface area contributed by atoms with Gasteiger partial charge in [-0.1, -0.05) is 35.9 Å². The van der Waals surface area contributed by atoms with Crippen LogP contribution in [0.2, 0.25) is 5.02 Å². The Morgan fingerprint density at radius 3 is 2.86 bits per heavy atom. The van der Waals surface area contributed by atoms with Gasteiger partial charge in [-0.15, -0.1) is 0 Å². The van der Waals surface area contributed by atoms with Crippen LogP contribution in [-0.4, -0.2) is 4.98 Å². The summed E-state index contributed by atoms with van der Waals surface area (Å²) >= 11 is 6.07. The van der Waals surface area contributed by atoms with E-state index < -0.39 is 0 Å². The van der Waals surface area contributed by atoms with E-state index in [1.54, 1.807) is 12.3 Å². The average Bonchev–Trinajstić information content (AvgIpc) is 2.49. The number of rotatable bonds is 3. The number of fused-ring (bicyclic) bond motifs is 1. The Morgan fingerprint density at radius 1 is 1.19 bits per heavy atom. The molecule has 0 aliphatic rings. The van der Waals surface area contributed by atoms with Gasteiger partial charge in [0.05, 0.1) is 0 Å². The zero-order chi connectivity index (χ0) is 14.8. The molecule has 21 heavy (non-hydrogen) atoms. The van der Waals surface area contributed by atoms with E-state index in [-0.39, 0.29) is 11.9 Å². The number of nitrogens with two attached hydrogens (primary N) is 1. The van der Waals surface area contributed by atoms with Gasteiger partial charge in [0, 0.05) is 28.8 Å². The first-order valence-corrected chi connectivity index (χ1v) is 7.05. The van der Waals surface area contributed by atoms with Crippen LogP contribution >= 0.6 is 11.6 Å². The highest BCUT2D eigenvalue weighted by Gasteiger charge is 2.13. The summed E-state index contributed by atoms with van der Waals surface area (Å²) in [6.07, 6.45) is 4.12. The Kier molecular flexibility index (Phi) is 3.86. The summed E-state index contributed by atoms with van der Waals surface area (Å²) in [6, 6.07) is 12.1. The van der Waals surface area contributed by atoms with Crippen LogP contribution < -0.4 is 5.73 Å². The van der Waals surface area contributed by atoms with Crippen LogP contribution in [0.25, 0.3) is 10.8 Å². The molecule has 4 heteroatoms. The van der Waals surface area contributed by atoms with Gasteiger partial charge in [-0.2, -0.15) is 0 Å². The molecular formula is C17H14ClFN2. The van der Waals surface area contributed by atoms with E-state index in [1.165, 1.54) is 12.1 Å². The monoisotopic (exact) mass is 300 g/mol. The molecule has 3 aromatic rings. The van der Waals surface area contributed by atoms with Crippen molar-refractivity contribution in [3.63, 3.8) is 0 Å². The van der Waals surface area contributed by atoms with E-state index >= 15 is 0 Å². The van der Waals surface area contributed by atoms with Gasteiger partial charge >= 0.3 is 0 Å². The first-order valence-electron chi connectivity index (χ1n) is 6.67. The summed E-state index contributed by atoms with van der Waals surface area (Å²) in [7, 11) is 0.